The van der Waals surface area contributed by atoms with Crippen LogP contribution in [0.5, 0.6) is 0 Å². The fourth-order valence-corrected chi connectivity index (χ4v) is 4.68. The maximum absolute atomic E-state index is 16.2. The lowest BCUT2D eigenvalue weighted by atomic mass is 9.95. The molecule has 1 N–H and O–H groups in total. The Balaban J connectivity index is 1.42. The molecule has 2 aliphatic rings. The lowest BCUT2D eigenvalue weighted by molar-refractivity contribution is 0.0629. The molecule has 0 bridgehead atoms. The number of nitriles is 1. The van der Waals surface area contributed by atoms with E-state index in [9.17, 15) is 14.0 Å². The molecule has 0 spiro atoms. The predicted molar refractivity (Wildman–Crippen MR) is 123 cm³/mol. The number of halogens is 2. The van der Waals surface area contributed by atoms with Gasteiger partial charge in [-0.15, -0.1) is 0 Å². The van der Waals surface area contributed by atoms with Gasteiger partial charge in [0.2, 0.25) is 0 Å². The fraction of sp³-hybridized carbons (Fsp3) is 0.280. The van der Waals surface area contributed by atoms with E-state index in [0.29, 0.717) is 29.8 Å². The van der Waals surface area contributed by atoms with Gasteiger partial charge in [-0.1, -0.05) is 30.3 Å². The highest BCUT2D eigenvalue weighted by Gasteiger charge is 2.42. The van der Waals surface area contributed by atoms with Crippen molar-refractivity contribution in [2.75, 3.05) is 25.5 Å². The molecule has 3 amide bonds. The Kier molecular flexibility index (Phi) is 5.47. The van der Waals surface area contributed by atoms with Crippen LogP contribution in [-0.2, 0) is 25.2 Å². The first-order chi connectivity index (χ1) is 16.8. The van der Waals surface area contributed by atoms with E-state index < -0.39 is 17.5 Å². The number of amides is 3. The molecule has 35 heavy (non-hydrogen) atoms. The number of carbonyl (C=O) groups is 2. The van der Waals surface area contributed by atoms with Gasteiger partial charge in [0.25, 0.3) is 5.91 Å². The number of aromatic nitrogens is 2. The van der Waals surface area contributed by atoms with Crippen molar-refractivity contribution in [1.29, 1.82) is 5.26 Å². The summed E-state index contributed by atoms with van der Waals surface area (Å²) in [5.74, 6) is -1.02. The summed E-state index contributed by atoms with van der Waals surface area (Å²) in [7, 11) is 1.56. The number of likely N-dealkylation sites (N-methyl/N-ethyl adjacent to an activating group) is 1. The molecule has 0 saturated heterocycles. The van der Waals surface area contributed by atoms with Crippen molar-refractivity contribution in [2.45, 2.75) is 25.2 Å². The van der Waals surface area contributed by atoms with Gasteiger partial charge >= 0.3 is 6.03 Å². The molecular weight excluding hydrogens is 454 g/mol. The minimum absolute atomic E-state index is 0.117. The third-order valence-electron chi connectivity index (χ3n) is 6.46. The van der Waals surface area contributed by atoms with Crippen molar-refractivity contribution < 1.29 is 18.4 Å². The minimum Gasteiger partial charge on any atom is -0.337 e. The van der Waals surface area contributed by atoms with Crippen molar-refractivity contribution >= 4 is 17.6 Å². The Hall–Kier alpha value is -4.26. The lowest BCUT2D eigenvalue weighted by Gasteiger charge is -2.28. The number of fused-ring (bicyclic) bond motifs is 3. The van der Waals surface area contributed by atoms with Crippen LogP contribution in [0.2, 0.25) is 0 Å². The number of urea groups is 1. The average molecular weight is 476 g/mol. The zero-order valence-electron chi connectivity index (χ0n) is 19.0. The largest absolute Gasteiger partial charge is 0.337 e. The normalized spacial score (nSPS) is 19.4. The van der Waals surface area contributed by atoms with E-state index in [2.05, 4.69) is 10.4 Å². The predicted octanol–water partition coefficient (Wildman–Crippen LogP) is 3.43. The van der Waals surface area contributed by atoms with Gasteiger partial charge in [-0.3, -0.25) is 9.48 Å². The SMILES string of the molecule is CN1CC(F)(c2ccccc2)Cn2nc3c(c2C1=O)CN(C(=O)Nc1ccc(F)c(C#N)c1)CC3. The van der Waals surface area contributed by atoms with Gasteiger partial charge in [0.1, 0.15) is 17.6 Å². The molecule has 10 heteroatoms. The topological polar surface area (TPSA) is 94.3 Å². The Bertz CT molecular complexity index is 1370. The second-order valence-corrected chi connectivity index (χ2v) is 8.83. The summed E-state index contributed by atoms with van der Waals surface area (Å²) < 4.78 is 31.2. The third-order valence-corrected chi connectivity index (χ3v) is 6.46. The van der Waals surface area contributed by atoms with Crippen molar-refractivity contribution in [2.24, 2.45) is 0 Å². The van der Waals surface area contributed by atoms with Crippen molar-refractivity contribution in [1.82, 2.24) is 19.6 Å². The van der Waals surface area contributed by atoms with Gasteiger partial charge in [0.15, 0.2) is 5.67 Å². The molecule has 0 saturated carbocycles. The Labute approximate surface area is 200 Å². The minimum atomic E-state index is -1.82. The van der Waals surface area contributed by atoms with Crippen LogP contribution in [0.15, 0.2) is 48.5 Å². The number of alkyl halides is 1. The average Bonchev–Trinajstić information content (AvgIpc) is 3.17. The number of benzene rings is 2. The summed E-state index contributed by atoms with van der Waals surface area (Å²) in [5, 5.41) is 16.2. The molecule has 3 aromatic rings. The molecule has 0 aliphatic carbocycles. The van der Waals surface area contributed by atoms with Gasteiger partial charge in [-0.2, -0.15) is 10.4 Å². The number of nitrogens with one attached hydrogen (secondary N) is 1. The van der Waals surface area contributed by atoms with E-state index in [1.807, 2.05) is 6.07 Å². The molecule has 1 atom stereocenters. The molecule has 1 aromatic heterocycles. The number of hydrogen-bond acceptors (Lipinski definition) is 4. The standard InChI is InChI=1S/C25H22F2N6O2/c1-31-14-25(27,17-5-3-2-4-6-17)15-33-22(23(31)34)19-13-32(10-9-21(19)30-33)24(35)29-18-7-8-20(26)16(11-18)12-28/h2-8,11H,9-10,13-15H2,1H3,(H,29,35). The first-order valence-electron chi connectivity index (χ1n) is 11.1. The Morgan fingerprint density at radius 2 is 1.97 bits per heavy atom. The summed E-state index contributed by atoms with van der Waals surface area (Å²) in [4.78, 5) is 29.0. The summed E-state index contributed by atoms with van der Waals surface area (Å²) >= 11 is 0. The molecule has 2 aromatic carbocycles. The van der Waals surface area contributed by atoms with Crippen LogP contribution in [0.25, 0.3) is 0 Å². The molecule has 8 nitrogen and oxygen atoms in total. The van der Waals surface area contributed by atoms with Gasteiger partial charge in [-0.25, -0.2) is 13.6 Å². The summed E-state index contributed by atoms with van der Waals surface area (Å²) in [6.45, 7) is 0.218. The highest BCUT2D eigenvalue weighted by molar-refractivity contribution is 5.95. The van der Waals surface area contributed by atoms with Crippen molar-refractivity contribution in [3.63, 3.8) is 0 Å². The number of nitrogens with zero attached hydrogens (tertiary/aromatic N) is 5. The number of anilines is 1. The van der Waals surface area contributed by atoms with Gasteiger partial charge < -0.3 is 15.1 Å². The van der Waals surface area contributed by atoms with Crippen LogP contribution < -0.4 is 5.32 Å². The Morgan fingerprint density at radius 1 is 1.20 bits per heavy atom. The maximum atomic E-state index is 16.2. The maximum Gasteiger partial charge on any atom is 0.322 e. The van der Waals surface area contributed by atoms with Gasteiger partial charge in [-0.05, 0) is 23.8 Å². The lowest BCUT2D eigenvalue weighted by Crippen LogP contribution is -2.40. The molecule has 0 radical (unpaired) electrons. The number of hydrogen-bond donors (Lipinski definition) is 1. The first kappa shape index (κ1) is 22.5. The van der Waals surface area contributed by atoms with E-state index in [1.54, 1.807) is 37.4 Å². The summed E-state index contributed by atoms with van der Waals surface area (Å²) in [6, 6.07) is 13.8. The number of rotatable bonds is 2. The molecule has 2 aliphatic heterocycles. The zero-order chi connectivity index (χ0) is 24.7. The van der Waals surface area contributed by atoms with Crippen LogP contribution in [-0.4, -0.2) is 51.7 Å². The van der Waals surface area contributed by atoms with Crippen molar-refractivity contribution in [3.05, 3.63) is 82.4 Å². The van der Waals surface area contributed by atoms with Crippen LogP contribution >= 0.6 is 0 Å². The first-order valence-corrected chi connectivity index (χ1v) is 11.1. The Morgan fingerprint density at radius 3 is 2.71 bits per heavy atom. The highest BCUT2D eigenvalue weighted by atomic mass is 19.1. The summed E-state index contributed by atoms with van der Waals surface area (Å²) in [5.41, 5.74) is 0.306. The van der Waals surface area contributed by atoms with Crippen LogP contribution in [0.3, 0.4) is 0 Å². The van der Waals surface area contributed by atoms with E-state index in [-0.39, 0.29) is 42.5 Å². The monoisotopic (exact) mass is 476 g/mol. The van der Waals surface area contributed by atoms with Crippen molar-refractivity contribution in [3.8, 4) is 6.07 Å². The zero-order valence-corrected chi connectivity index (χ0v) is 19.0. The van der Waals surface area contributed by atoms with E-state index in [0.717, 1.165) is 6.07 Å². The molecule has 3 heterocycles. The van der Waals surface area contributed by atoms with Crippen LogP contribution in [0.4, 0.5) is 19.3 Å². The molecule has 0 fully saturated rings. The second kappa shape index (κ2) is 8.51. The molecule has 178 valence electrons. The second-order valence-electron chi connectivity index (χ2n) is 8.83. The third kappa shape index (κ3) is 3.99. The molecule has 5 rings (SSSR count). The van der Waals surface area contributed by atoms with Gasteiger partial charge in [0, 0.05) is 31.3 Å². The summed E-state index contributed by atoms with van der Waals surface area (Å²) in [6.07, 6.45) is 0.400. The van der Waals surface area contributed by atoms with E-state index >= 15 is 4.39 Å². The molecular formula is C25H22F2N6O2. The van der Waals surface area contributed by atoms with Crippen LogP contribution in [0, 0.1) is 17.1 Å². The van der Waals surface area contributed by atoms with E-state index in [1.165, 1.54) is 26.6 Å². The van der Waals surface area contributed by atoms with Gasteiger partial charge in [0.05, 0.1) is 30.9 Å². The smallest absolute Gasteiger partial charge is 0.322 e. The quantitative estimate of drug-likeness (QED) is 0.613. The van der Waals surface area contributed by atoms with Crippen LogP contribution in [0.1, 0.15) is 32.9 Å². The highest BCUT2D eigenvalue weighted by Crippen LogP contribution is 2.35. The van der Waals surface area contributed by atoms with E-state index in [4.69, 9.17) is 5.26 Å². The molecule has 1 unspecified atom stereocenters. The number of carbonyl (C=O) groups excluding carboxylic acids is 2. The fourth-order valence-electron chi connectivity index (χ4n) is 4.68.